The molecule has 1 aliphatic heterocycles. The smallest absolute Gasteiger partial charge is 0.261 e. The molecule has 30 heavy (non-hydrogen) atoms. The minimum atomic E-state index is -0.279. The number of benzene rings is 3. The highest BCUT2D eigenvalue weighted by Gasteiger charge is 2.34. The molecule has 1 heterocycles. The van der Waals surface area contributed by atoms with Crippen LogP contribution in [0.2, 0.25) is 0 Å². The number of carbonyl (C=O) groups is 3. The average Bonchev–Trinajstić information content (AvgIpc) is 3.02. The molecule has 0 aromatic heterocycles. The third kappa shape index (κ3) is 3.93. The second kappa shape index (κ2) is 8.61. The molecule has 3 aromatic carbocycles. The van der Waals surface area contributed by atoms with E-state index < -0.39 is 0 Å². The molecule has 0 saturated heterocycles. The molecule has 0 aliphatic carbocycles. The molecule has 0 spiro atoms. The first-order valence-electron chi connectivity index (χ1n) is 9.68. The quantitative estimate of drug-likeness (QED) is 0.480. The molecular weight excluding hydrogens is 380 g/mol. The van der Waals surface area contributed by atoms with E-state index >= 15 is 0 Å². The summed E-state index contributed by atoms with van der Waals surface area (Å²) in [6.07, 6.45) is 0.458. The van der Waals surface area contributed by atoms with Crippen molar-refractivity contribution in [2.24, 2.45) is 0 Å². The van der Waals surface area contributed by atoms with Gasteiger partial charge in [0, 0.05) is 12.2 Å². The molecule has 0 unspecified atom stereocenters. The SMILES string of the molecule is O=C(Nc1ccccc1)c1ccccc1OCCCN1C(=O)c2ccccc2C1=O. The van der Waals surface area contributed by atoms with Crippen molar-refractivity contribution >= 4 is 23.4 Å². The number of anilines is 1. The van der Waals surface area contributed by atoms with Crippen molar-refractivity contribution in [3.8, 4) is 5.75 Å². The number of imide groups is 1. The van der Waals surface area contributed by atoms with E-state index in [1.807, 2.05) is 30.3 Å². The second-order valence-electron chi connectivity index (χ2n) is 6.83. The number of hydrogen-bond donors (Lipinski definition) is 1. The van der Waals surface area contributed by atoms with E-state index in [4.69, 9.17) is 4.74 Å². The molecule has 6 heteroatoms. The van der Waals surface area contributed by atoms with Gasteiger partial charge >= 0.3 is 0 Å². The Morgan fingerprint density at radius 2 is 1.40 bits per heavy atom. The van der Waals surface area contributed by atoms with Gasteiger partial charge in [-0.05, 0) is 42.8 Å². The van der Waals surface area contributed by atoms with Crippen LogP contribution in [0.15, 0.2) is 78.9 Å². The summed E-state index contributed by atoms with van der Waals surface area (Å²) in [4.78, 5) is 38.6. The first-order chi connectivity index (χ1) is 14.6. The standard InChI is InChI=1S/C24H20N2O4/c27-22(25-17-9-2-1-3-10-17)20-13-6-7-14-21(20)30-16-8-15-26-23(28)18-11-4-5-12-19(18)24(26)29/h1-7,9-14H,8,15-16H2,(H,25,27). The maximum absolute atomic E-state index is 12.6. The number of nitrogens with one attached hydrogen (secondary N) is 1. The van der Waals surface area contributed by atoms with Gasteiger partial charge in [0.05, 0.1) is 23.3 Å². The average molecular weight is 400 g/mol. The molecule has 1 aliphatic rings. The molecule has 6 nitrogen and oxygen atoms in total. The number of ether oxygens (including phenoxy) is 1. The Balaban J connectivity index is 1.35. The predicted molar refractivity (Wildman–Crippen MR) is 113 cm³/mol. The molecule has 3 aromatic rings. The van der Waals surface area contributed by atoms with E-state index in [9.17, 15) is 14.4 Å². The highest BCUT2D eigenvalue weighted by atomic mass is 16.5. The minimum absolute atomic E-state index is 0.255. The lowest BCUT2D eigenvalue weighted by molar-refractivity contribution is 0.0646. The lowest BCUT2D eigenvalue weighted by atomic mass is 10.1. The lowest BCUT2D eigenvalue weighted by Gasteiger charge is -2.15. The van der Waals surface area contributed by atoms with Crippen molar-refractivity contribution < 1.29 is 19.1 Å². The zero-order valence-corrected chi connectivity index (χ0v) is 16.2. The third-order valence-electron chi connectivity index (χ3n) is 4.83. The van der Waals surface area contributed by atoms with E-state index in [0.717, 1.165) is 0 Å². The fraction of sp³-hybridized carbons (Fsp3) is 0.125. The van der Waals surface area contributed by atoms with Gasteiger partial charge in [0.2, 0.25) is 0 Å². The van der Waals surface area contributed by atoms with E-state index in [0.29, 0.717) is 34.5 Å². The Morgan fingerprint density at radius 3 is 2.10 bits per heavy atom. The van der Waals surface area contributed by atoms with Gasteiger partial charge in [0.15, 0.2) is 0 Å². The third-order valence-corrected chi connectivity index (χ3v) is 4.83. The monoisotopic (exact) mass is 400 g/mol. The van der Waals surface area contributed by atoms with E-state index in [1.165, 1.54) is 4.90 Å². The van der Waals surface area contributed by atoms with Gasteiger partial charge in [-0.25, -0.2) is 0 Å². The summed E-state index contributed by atoms with van der Waals surface area (Å²) in [5.74, 6) is -0.373. The van der Waals surface area contributed by atoms with Gasteiger partial charge in [-0.2, -0.15) is 0 Å². The highest BCUT2D eigenvalue weighted by molar-refractivity contribution is 6.21. The lowest BCUT2D eigenvalue weighted by Crippen LogP contribution is -2.31. The van der Waals surface area contributed by atoms with Crippen LogP contribution in [0.3, 0.4) is 0 Å². The molecule has 150 valence electrons. The van der Waals surface area contributed by atoms with Gasteiger partial charge in [0.1, 0.15) is 5.75 Å². The summed E-state index contributed by atoms with van der Waals surface area (Å²) in [6.45, 7) is 0.522. The Bertz CT molecular complexity index is 1060. The van der Waals surface area contributed by atoms with Crippen molar-refractivity contribution in [2.75, 3.05) is 18.5 Å². The van der Waals surface area contributed by atoms with Gasteiger partial charge < -0.3 is 10.1 Å². The summed E-state index contributed by atoms with van der Waals surface area (Å²) in [7, 11) is 0. The van der Waals surface area contributed by atoms with Gasteiger partial charge in [-0.15, -0.1) is 0 Å². The van der Waals surface area contributed by atoms with Crippen molar-refractivity contribution in [3.05, 3.63) is 95.6 Å². The van der Waals surface area contributed by atoms with Gasteiger partial charge in [0.25, 0.3) is 17.7 Å². The fourth-order valence-electron chi connectivity index (χ4n) is 3.35. The summed E-state index contributed by atoms with van der Waals surface area (Å²) < 4.78 is 5.79. The maximum Gasteiger partial charge on any atom is 0.261 e. The van der Waals surface area contributed by atoms with Crippen LogP contribution in [0.5, 0.6) is 5.75 Å². The molecular formula is C24H20N2O4. The second-order valence-corrected chi connectivity index (χ2v) is 6.83. The Hall–Kier alpha value is -3.93. The fourth-order valence-corrected chi connectivity index (χ4v) is 3.35. The zero-order chi connectivity index (χ0) is 20.9. The zero-order valence-electron chi connectivity index (χ0n) is 16.2. The topological polar surface area (TPSA) is 75.7 Å². The van der Waals surface area contributed by atoms with Crippen LogP contribution in [0.25, 0.3) is 0 Å². The molecule has 4 rings (SSSR count). The number of carbonyl (C=O) groups excluding carboxylic acids is 3. The number of fused-ring (bicyclic) bond motifs is 1. The molecule has 3 amide bonds. The van der Waals surface area contributed by atoms with Crippen molar-refractivity contribution in [1.82, 2.24) is 4.90 Å². The van der Waals surface area contributed by atoms with Crippen LogP contribution in [-0.4, -0.2) is 35.8 Å². The maximum atomic E-state index is 12.6. The highest BCUT2D eigenvalue weighted by Crippen LogP contribution is 2.23. The van der Waals surface area contributed by atoms with Gasteiger partial charge in [-0.1, -0.05) is 42.5 Å². The number of amides is 3. The predicted octanol–water partition coefficient (Wildman–Crippen LogP) is 4.00. The molecule has 1 N–H and O–H groups in total. The molecule has 0 radical (unpaired) electrons. The molecule has 0 atom stereocenters. The Kier molecular flexibility index (Phi) is 5.57. The first kappa shape index (κ1) is 19.4. The molecule has 0 fully saturated rings. The Morgan fingerprint density at radius 1 is 0.800 bits per heavy atom. The van der Waals surface area contributed by atoms with E-state index in [1.54, 1.807) is 48.5 Å². The van der Waals surface area contributed by atoms with E-state index in [2.05, 4.69) is 5.32 Å². The summed E-state index contributed by atoms with van der Waals surface area (Å²) in [5.41, 5.74) is 1.99. The van der Waals surface area contributed by atoms with Crippen LogP contribution in [0.1, 0.15) is 37.5 Å². The number of nitrogens with zero attached hydrogens (tertiary/aromatic N) is 1. The van der Waals surface area contributed by atoms with Crippen LogP contribution in [-0.2, 0) is 0 Å². The number of para-hydroxylation sites is 2. The number of rotatable bonds is 7. The van der Waals surface area contributed by atoms with Crippen molar-refractivity contribution in [1.29, 1.82) is 0 Å². The van der Waals surface area contributed by atoms with Crippen LogP contribution >= 0.6 is 0 Å². The van der Waals surface area contributed by atoms with Crippen molar-refractivity contribution in [2.45, 2.75) is 6.42 Å². The molecule has 0 bridgehead atoms. The minimum Gasteiger partial charge on any atom is -0.493 e. The van der Waals surface area contributed by atoms with Gasteiger partial charge in [-0.3, -0.25) is 19.3 Å². The largest absolute Gasteiger partial charge is 0.493 e. The molecule has 0 saturated carbocycles. The van der Waals surface area contributed by atoms with Crippen LogP contribution in [0, 0.1) is 0 Å². The van der Waals surface area contributed by atoms with E-state index in [-0.39, 0.29) is 30.9 Å². The Labute approximate surface area is 174 Å². The van der Waals surface area contributed by atoms with Crippen LogP contribution in [0.4, 0.5) is 5.69 Å². The summed E-state index contributed by atoms with van der Waals surface area (Å²) >= 11 is 0. The number of hydrogen-bond acceptors (Lipinski definition) is 4. The van der Waals surface area contributed by atoms with Crippen molar-refractivity contribution in [3.63, 3.8) is 0 Å². The summed E-state index contributed by atoms with van der Waals surface area (Å²) in [6, 6.07) is 23.0. The summed E-state index contributed by atoms with van der Waals surface area (Å²) in [5, 5.41) is 2.84. The van der Waals surface area contributed by atoms with Crippen LogP contribution < -0.4 is 10.1 Å². The first-order valence-corrected chi connectivity index (χ1v) is 9.68. The normalized spacial score (nSPS) is 12.6.